The van der Waals surface area contributed by atoms with E-state index in [2.05, 4.69) is 10.6 Å². The first-order chi connectivity index (χ1) is 9.65. The van der Waals surface area contributed by atoms with Crippen molar-refractivity contribution in [3.8, 4) is 0 Å². The Hall–Kier alpha value is -1.92. The topological polar surface area (TPSA) is 93.4 Å². The van der Waals surface area contributed by atoms with Crippen molar-refractivity contribution in [3.05, 3.63) is 35.4 Å². The molecule has 0 spiro atoms. The highest BCUT2D eigenvalue weighted by Gasteiger charge is 2.09. The minimum atomic E-state index is -0.520. The number of nitrogens with two attached hydrogens (primary N) is 1. The quantitative estimate of drug-likeness (QED) is 0.540. The molecular formula is C14H21N3O3. The van der Waals surface area contributed by atoms with Crippen LogP contribution in [0.5, 0.6) is 0 Å². The molecule has 1 rings (SSSR count). The van der Waals surface area contributed by atoms with E-state index >= 15 is 0 Å². The average molecular weight is 279 g/mol. The Kier molecular flexibility index (Phi) is 7.31. The molecule has 0 heterocycles. The van der Waals surface area contributed by atoms with E-state index < -0.39 is 5.91 Å². The first-order valence-corrected chi connectivity index (χ1v) is 6.52. The second kappa shape index (κ2) is 9.06. The molecule has 0 aliphatic heterocycles. The SMILES string of the molecule is CNCCc1ccccc1C(=O)NCCOCC(N)=O. The van der Waals surface area contributed by atoms with Crippen molar-refractivity contribution < 1.29 is 14.3 Å². The van der Waals surface area contributed by atoms with Gasteiger partial charge in [-0.2, -0.15) is 0 Å². The van der Waals surface area contributed by atoms with Gasteiger partial charge in [-0.1, -0.05) is 18.2 Å². The average Bonchev–Trinajstić information content (AvgIpc) is 2.44. The minimum absolute atomic E-state index is 0.130. The fourth-order valence-corrected chi connectivity index (χ4v) is 1.72. The van der Waals surface area contributed by atoms with E-state index in [0.717, 1.165) is 18.5 Å². The molecule has 110 valence electrons. The monoisotopic (exact) mass is 279 g/mol. The van der Waals surface area contributed by atoms with Gasteiger partial charge in [0.05, 0.1) is 6.61 Å². The van der Waals surface area contributed by atoms with Crippen molar-refractivity contribution in [2.75, 3.05) is 33.4 Å². The van der Waals surface area contributed by atoms with Crippen molar-refractivity contribution in [3.63, 3.8) is 0 Å². The molecule has 0 saturated heterocycles. The largest absolute Gasteiger partial charge is 0.370 e. The van der Waals surface area contributed by atoms with Crippen LogP contribution in [0.4, 0.5) is 0 Å². The highest BCUT2D eigenvalue weighted by molar-refractivity contribution is 5.95. The molecule has 4 N–H and O–H groups in total. The van der Waals surface area contributed by atoms with E-state index in [0.29, 0.717) is 12.1 Å². The van der Waals surface area contributed by atoms with Gasteiger partial charge < -0.3 is 21.1 Å². The summed E-state index contributed by atoms with van der Waals surface area (Å²) in [4.78, 5) is 22.5. The summed E-state index contributed by atoms with van der Waals surface area (Å²) in [6, 6.07) is 7.49. The number of hydrogen-bond acceptors (Lipinski definition) is 4. The highest BCUT2D eigenvalue weighted by atomic mass is 16.5. The Morgan fingerprint density at radius 1 is 1.25 bits per heavy atom. The second-order valence-electron chi connectivity index (χ2n) is 4.29. The molecule has 0 bridgehead atoms. The molecule has 0 atom stereocenters. The molecule has 6 nitrogen and oxygen atoms in total. The van der Waals surface area contributed by atoms with Crippen LogP contribution in [0.3, 0.4) is 0 Å². The lowest BCUT2D eigenvalue weighted by Crippen LogP contribution is -2.29. The maximum atomic E-state index is 12.0. The fraction of sp³-hybridized carbons (Fsp3) is 0.429. The Labute approximate surface area is 118 Å². The van der Waals surface area contributed by atoms with Gasteiger partial charge >= 0.3 is 0 Å². The first-order valence-electron chi connectivity index (χ1n) is 6.52. The molecule has 20 heavy (non-hydrogen) atoms. The van der Waals surface area contributed by atoms with Gasteiger partial charge in [0.15, 0.2) is 0 Å². The zero-order chi connectivity index (χ0) is 14.8. The van der Waals surface area contributed by atoms with Gasteiger partial charge in [0.25, 0.3) is 5.91 Å². The van der Waals surface area contributed by atoms with Crippen molar-refractivity contribution in [2.24, 2.45) is 5.73 Å². The summed E-state index contributed by atoms with van der Waals surface area (Å²) in [5, 5.41) is 5.81. The minimum Gasteiger partial charge on any atom is -0.370 e. The van der Waals surface area contributed by atoms with Crippen LogP contribution >= 0.6 is 0 Å². The third kappa shape index (κ3) is 5.81. The molecule has 0 aliphatic rings. The second-order valence-corrected chi connectivity index (χ2v) is 4.29. The van der Waals surface area contributed by atoms with Gasteiger partial charge in [0, 0.05) is 12.1 Å². The molecule has 2 amide bonds. The van der Waals surface area contributed by atoms with E-state index in [-0.39, 0.29) is 19.1 Å². The number of carbonyl (C=O) groups excluding carboxylic acids is 2. The van der Waals surface area contributed by atoms with Crippen molar-refractivity contribution in [1.29, 1.82) is 0 Å². The number of likely N-dealkylation sites (N-methyl/N-ethyl adjacent to an activating group) is 1. The van der Waals surface area contributed by atoms with Crippen LogP contribution in [-0.4, -0.2) is 45.2 Å². The third-order valence-electron chi connectivity index (χ3n) is 2.68. The van der Waals surface area contributed by atoms with Gasteiger partial charge in [-0.25, -0.2) is 0 Å². The summed E-state index contributed by atoms with van der Waals surface area (Å²) >= 11 is 0. The Morgan fingerprint density at radius 3 is 2.70 bits per heavy atom. The summed E-state index contributed by atoms with van der Waals surface area (Å²) in [5.74, 6) is -0.659. The molecule has 0 saturated carbocycles. The van der Waals surface area contributed by atoms with Crippen LogP contribution in [0.1, 0.15) is 15.9 Å². The molecule has 0 aliphatic carbocycles. The molecule has 0 unspecified atom stereocenters. The van der Waals surface area contributed by atoms with Crippen molar-refractivity contribution in [1.82, 2.24) is 10.6 Å². The number of ether oxygens (including phenoxy) is 1. The molecule has 0 fully saturated rings. The lowest BCUT2D eigenvalue weighted by molar-refractivity contribution is -0.122. The summed E-state index contributed by atoms with van der Waals surface area (Å²) in [6.07, 6.45) is 0.790. The van der Waals surface area contributed by atoms with Gasteiger partial charge in [-0.15, -0.1) is 0 Å². The standard InChI is InChI=1S/C14H21N3O3/c1-16-7-6-11-4-2-3-5-12(11)14(19)17-8-9-20-10-13(15)18/h2-5,16H,6-10H2,1H3,(H2,15,18)(H,17,19). The summed E-state index contributed by atoms with van der Waals surface area (Å²) in [7, 11) is 1.87. The lowest BCUT2D eigenvalue weighted by Gasteiger charge is -2.10. The first kappa shape index (κ1) is 16.1. The number of benzene rings is 1. The van der Waals surface area contributed by atoms with Crippen LogP contribution in [-0.2, 0) is 16.0 Å². The Morgan fingerprint density at radius 2 is 2.00 bits per heavy atom. The summed E-state index contributed by atoms with van der Waals surface area (Å²) < 4.78 is 4.98. The normalized spacial score (nSPS) is 10.2. The molecule has 6 heteroatoms. The maximum absolute atomic E-state index is 12.0. The number of carbonyl (C=O) groups is 2. The summed E-state index contributed by atoms with van der Waals surface area (Å²) in [6.45, 7) is 1.28. The predicted octanol–water partition coefficient (Wildman–Crippen LogP) is -0.320. The van der Waals surface area contributed by atoms with Gasteiger partial charge in [-0.3, -0.25) is 9.59 Å². The zero-order valence-corrected chi connectivity index (χ0v) is 11.6. The molecule has 0 radical (unpaired) electrons. The van der Waals surface area contributed by atoms with Crippen LogP contribution in [0.15, 0.2) is 24.3 Å². The van der Waals surface area contributed by atoms with Crippen LogP contribution < -0.4 is 16.4 Å². The van der Waals surface area contributed by atoms with E-state index in [9.17, 15) is 9.59 Å². The number of amides is 2. The van der Waals surface area contributed by atoms with E-state index in [1.165, 1.54) is 0 Å². The van der Waals surface area contributed by atoms with Gasteiger partial charge in [-0.05, 0) is 31.6 Å². The van der Waals surface area contributed by atoms with Gasteiger partial charge in [0.1, 0.15) is 6.61 Å². The van der Waals surface area contributed by atoms with Crippen LogP contribution in [0.25, 0.3) is 0 Å². The fourth-order valence-electron chi connectivity index (χ4n) is 1.72. The zero-order valence-electron chi connectivity index (χ0n) is 11.6. The van der Waals surface area contributed by atoms with Crippen molar-refractivity contribution >= 4 is 11.8 Å². The Balaban J connectivity index is 2.44. The predicted molar refractivity (Wildman–Crippen MR) is 76.4 cm³/mol. The smallest absolute Gasteiger partial charge is 0.251 e. The van der Waals surface area contributed by atoms with Crippen LogP contribution in [0.2, 0.25) is 0 Å². The molecule has 0 aromatic heterocycles. The van der Waals surface area contributed by atoms with Gasteiger partial charge in [0.2, 0.25) is 5.91 Å². The number of hydrogen-bond donors (Lipinski definition) is 3. The number of primary amides is 1. The van der Waals surface area contributed by atoms with Crippen molar-refractivity contribution in [2.45, 2.75) is 6.42 Å². The maximum Gasteiger partial charge on any atom is 0.251 e. The molecule has 1 aromatic carbocycles. The lowest BCUT2D eigenvalue weighted by atomic mass is 10.0. The summed E-state index contributed by atoms with van der Waals surface area (Å²) in [5.41, 5.74) is 6.60. The van der Waals surface area contributed by atoms with E-state index in [1.54, 1.807) is 6.07 Å². The highest BCUT2D eigenvalue weighted by Crippen LogP contribution is 2.09. The third-order valence-corrected chi connectivity index (χ3v) is 2.68. The molecular weight excluding hydrogens is 258 g/mol. The number of nitrogens with one attached hydrogen (secondary N) is 2. The molecule has 1 aromatic rings. The Bertz CT molecular complexity index is 449. The number of rotatable bonds is 9. The van der Waals surface area contributed by atoms with Crippen LogP contribution in [0, 0.1) is 0 Å². The van der Waals surface area contributed by atoms with E-state index in [4.69, 9.17) is 10.5 Å². The van der Waals surface area contributed by atoms with E-state index in [1.807, 2.05) is 25.2 Å².